The Bertz CT molecular complexity index is 1030. The van der Waals surface area contributed by atoms with Gasteiger partial charge in [0.1, 0.15) is 11.6 Å². The third kappa shape index (κ3) is 6.19. The van der Waals surface area contributed by atoms with Crippen molar-refractivity contribution < 1.29 is 13.9 Å². The highest BCUT2D eigenvalue weighted by molar-refractivity contribution is 14.0. The molecule has 0 bridgehead atoms. The van der Waals surface area contributed by atoms with Gasteiger partial charge in [-0.25, -0.2) is 9.07 Å². The van der Waals surface area contributed by atoms with Crippen molar-refractivity contribution in [2.75, 3.05) is 26.9 Å². The summed E-state index contributed by atoms with van der Waals surface area (Å²) in [6, 6.07) is 13.2. The predicted octanol–water partition coefficient (Wildman–Crippen LogP) is 3.45. The zero-order chi connectivity index (χ0) is 21.5. The van der Waals surface area contributed by atoms with Crippen LogP contribution in [0.4, 0.5) is 4.39 Å². The van der Waals surface area contributed by atoms with E-state index in [4.69, 9.17) is 9.47 Å². The van der Waals surface area contributed by atoms with E-state index in [1.165, 1.54) is 17.7 Å². The number of ether oxygens (including phenoxy) is 2. The number of guanidine groups is 1. The fourth-order valence-corrected chi connectivity index (χ4v) is 3.54. The molecule has 0 spiro atoms. The molecule has 1 aliphatic heterocycles. The summed E-state index contributed by atoms with van der Waals surface area (Å²) in [4.78, 5) is 4.26. The second-order valence-corrected chi connectivity index (χ2v) is 7.21. The molecule has 1 aliphatic rings. The van der Waals surface area contributed by atoms with Gasteiger partial charge in [-0.05, 0) is 54.3 Å². The second-order valence-electron chi connectivity index (χ2n) is 7.21. The van der Waals surface area contributed by atoms with Crippen LogP contribution in [0.15, 0.2) is 59.9 Å². The summed E-state index contributed by atoms with van der Waals surface area (Å²) in [5.74, 6) is 1.17. The molecule has 0 radical (unpaired) electrons. The standard InChI is InChI=1S/C23H26FN5O2.HI/c1-25-23(26-10-7-17-3-5-21(6-4-17)29-12-2-9-28-29)27-11-8-18-13-20(24)14-19-15-30-16-31-22(18)19;/h2-6,9,12-14H,7-8,10-11,15-16H2,1H3,(H2,25,26,27);1H. The number of aromatic nitrogens is 2. The molecule has 0 fully saturated rings. The van der Waals surface area contributed by atoms with Crippen LogP contribution in [0.2, 0.25) is 0 Å². The van der Waals surface area contributed by atoms with Gasteiger partial charge in [0.15, 0.2) is 12.8 Å². The molecule has 2 aromatic carbocycles. The lowest BCUT2D eigenvalue weighted by Gasteiger charge is -2.21. The first-order valence-electron chi connectivity index (χ1n) is 10.3. The van der Waals surface area contributed by atoms with Gasteiger partial charge in [0, 0.05) is 38.1 Å². The molecule has 9 heteroatoms. The van der Waals surface area contributed by atoms with Gasteiger partial charge in [-0.3, -0.25) is 4.99 Å². The van der Waals surface area contributed by atoms with Gasteiger partial charge in [0.05, 0.1) is 12.3 Å². The minimum absolute atomic E-state index is 0. The Labute approximate surface area is 204 Å². The Balaban J connectivity index is 0.00000289. The minimum atomic E-state index is -0.274. The maximum absolute atomic E-state index is 13.9. The number of fused-ring (bicyclic) bond motifs is 1. The zero-order valence-corrected chi connectivity index (χ0v) is 20.2. The van der Waals surface area contributed by atoms with Crippen LogP contribution >= 0.6 is 24.0 Å². The van der Waals surface area contributed by atoms with Crippen LogP contribution in [0.1, 0.15) is 16.7 Å². The number of halogens is 2. The Kier molecular flexibility index (Phi) is 8.86. The van der Waals surface area contributed by atoms with Crippen LogP contribution in [0.5, 0.6) is 5.75 Å². The average Bonchev–Trinajstić information content (AvgIpc) is 3.33. The van der Waals surface area contributed by atoms with Gasteiger partial charge in [0.25, 0.3) is 0 Å². The Hall–Kier alpha value is -2.66. The van der Waals surface area contributed by atoms with Gasteiger partial charge in [-0.2, -0.15) is 5.10 Å². The van der Waals surface area contributed by atoms with Crippen molar-refractivity contribution in [3.05, 3.63) is 77.4 Å². The predicted molar refractivity (Wildman–Crippen MR) is 132 cm³/mol. The number of benzene rings is 2. The fraction of sp³-hybridized carbons (Fsp3) is 0.304. The van der Waals surface area contributed by atoms with E-state index in [2.05, 4.69) is 45.0 Å². The quantitative estimate of drug-likeness (QED) is 0.268. The van der Waals surface area contributed by atoms with E-state index in [-0.39, 0.29) is 36.6 Å². The van der Waals surface area contributed by atoms with E-state index in [0.29, 0.717) is 25.5 Å². The van der Waals surface area contributed by atoms with E-state index in [0.717, 1.165) is 35.5 Å². The smallest absolute Gasteiger partial charge is 0.190 e. The van der Waals surface area contributed by atoms with E-state index < -0.39 is 0 Å². The summed E-state index contributed by atoms with van der Waals surface area (Å²) in [6.07, 6.45) is 5.17. The lowest BCUT2D eigenvalue weighted by atomic mass is 10.1. The Morgan fingerprint density at radius 1 is 1.16 bits per heavy atom. The van der Waals surface area contributed by atoms with Crippen molar-refractivity contribution in [1.82, 2.24) is 20.4 Å². The molecule has 7 nitrogen and oxygen atoms in total. The first kappa shape index (κ1) is 24.0. The summed E-state index contributed by atoms with van der Waals surface area (Å²) in [6.45, 7) is 1.93. The van der Waals surface area contributed by atoms with Crippen LogP contribution < -0.4 is 15.4 Å². The highest BCUT2D eigenvalue weighted by Crippen LogP contribution is 2.29. The summed E-state index contributed by atoms with van der Waals surface area (Å²) < 4.78 is 26.5. The van der Waals surface area contributed by atoms with Gasteiger partial charge < -0.3 is 20.1 Å². The molecule has 0 saturated heterocycles. The van der Waals surface area contributed by atoms with Crippen molar-refractivity contribution in [3.63, 3.8) is 0 Å². The van der Waals surface area contributed by atoms with Gasteiger partial charge >= 0.3 is 0 Å². The molecule has 0 aliphatic carbocycles. The van der Waals surface area contributed by atoms with Gasteiger partial charge in [0.2, 0.25) is 0 Å². The average molecular weight is 551 g/mol. The van der Waals surface area contributed by atoms with Crippen molar-refractivity contribution >= 4 is 29.9 Å². The largest absolute Gasteiger partial charge is 0.467 e. The van der Waals surface area contributed by atoms with Crippen LogP contribution in [0.3, 0.4) is 0 Å². The molecule has 170 valence electrons. The summed E-state index contributed by atoms with van der Waals surface area (Å²) in [7, 11) is 1.73. The zero-order valence-electron chi connectivity index (χ0n) is 17.9. The molecule has 0 unspecified atom stereocenters. The van der Waals surface area contributed by atoms with Crippen LogP contribution in [0.25, 0.3) is 5.69 Å². The van der Waals surface area contributed by atoms with E-state index in [1.54, 1.807) is 13.2 Å². The van der Waals surface area contributed by atoms with Crippen molar-refractivity contribution in [2.24, 2.45) is 4.99 Å². The number of hydrogen-bond donors (Lipinski definition) is 2. The highest BCUT2D eigenvalue weighted by Gasteiger charge is 2.16. The molecule has 0 saturated carbocycles. The lowest BCUT2D eigenvalue weighted by molar-refractivity contribution is -0.0172. The Morgan fingerprint density at radius 2 is 1.94 bits per heavy atom. The monoisotopic (exact) mass is 551 g/mol. The van der Waals surface area contributed by atoms with Gasteiger partial charge in [-0.1, -0.05) is 12.1 Å². The number of aliphatic imine (C=N–C) groups is 1. The van der Waals surface area contributed by atoms with E-state index in [1.807, 2.05) is 16.9 Å². The first-order valence-corrected chi connectivity index (χ1v) is 10.3. The molecule has 4 rings (SSSR count). The van der Waals surface area contributed by atoms with Crippen LogP contribution in [0, 0.1) is 5.82 Å². The number of nitrogens with one attached hydrogen (secondary N) is 2. The number of hydrogen-bond acceptors (Lipinski definition) is 4. The van der Waals surface area contributed by atoms with Crippen molar-refractivity contribution in [3.8, 4) is 11.4 Å². The molecule has 0 atom stereocenters. The third-order valence-corrected chi connectivity index (χ3v) is 5.07. The molecule has 2 N–H and O–H groups in total. The topological polar surface area (TPSA) is 72.7 Å². The lowest BCUT2D eigenvalue weighted by Crippen LogP contribution is -2.39. The number of nitrogens with zero attached hydrogens (tertiary/aromatic N) is 3. The highest BCUT2D eigenvalue weighted by atomic mass is 127. The minimum Gasteiger partial charge on any atom is -0.467 e. The van der Waals surface area contributed by atoms with Crippen LogP contribution in [-0.2, 0) is 24.2 Å². The number of rotatable bonds is 7. The maximum atomic E-state index is 13.9. The molecular formula is C23H27FIN5O2. The molecule has 32 heavy (non-hydrogen) atoms. The van der Waals surface area contributed by atoms with E-state index in [9.17, 15) is 4.39 Å². The van der Waals surface area contributed by atoms with Crippen LogP contribution in [-0.4, -0.2) is 42.7 Å². The second kappa shape index (κ2) is 11.8. The molecule has 0 amide bonds. The van der Waals surface area contributed by atoms with E-state index >= 15 is 0 Å². The van der Waals surface area contributed by atoms with Crippen molar-refractivity contribution in [1.29, 1.82) is 0 Å². The summed E-state index contributed by atoms with van der Waals surface area (Å²) >= 11 is 0. The fourth-order valence-electron chi connectivity index (χ4n) is 3.54. The Morgan fingerprint density at radius 3 is 2.66 bits per heavy atom. The molecule has 1 aromatic heterocycles. The SMILES string of the molecule is CN=C(NCCc1ccc(-n2cccn2)cc1)NCCc1cc(F)cc2c1OCOC2.I. The summed E-state index contributed by atoms with van der Waals surface area (Å²) in [5.41, 5.74) is 3.85. The molecule has 3 aromatic rings. The normalized spacial score (nSPS) is 13.0. The molecular weight excluding hydrogens is 524 g/mol. The summed E-state index contributed by atoms with van der Waals surface area (Å²) in [5, 5.41) is 10.8. The first-order chi connectivity index (χ1) is 15.2. The molecule has 2 heterocycles. The third-order valence-electron chi connectivity index (χ3n) is 5.07. The van der Waals surface area contributed by atoms with Crippen molar-refractivity contribution in [2.45, 2.75) is 19.4 Å². The maximum Gasteiger partial charge on any atom is 0.190 e. The van der Waals surface area contributed by atoms with Gasteiger partial charge in [-0.15, -0.1) is 24.0 Å².